The minimum Gasteiger partial charge on any atom is -0.313 e. The molecule has 1 saturated heterocycles. The van der Waals surface area contributed by atoms with E-state index in [0.717, 1.165) is 20.9 Å². The molecule has 24 heavy (non-hydrogen) atoms. The number of anilines is 1. The topological polar surface area (TPSA) is 36.4 Å². The van der Waals surface area contributed by atoms with Gasteiger partial charge < -0.3 is 4.90 Å². The molecular weight excluding hydrogens is 387 g/mol. The number of benzene rings is 1. The molecule has 2 aromatic rings. The fourth-order valence-corrected chi connectivity index (χ4v) is 4.19. The van der Waals surface area contributed by atoms with E-state index in [1.165, 1.54) is 9.80 Å². The Morgan fingerprint density at radius 3 is 2.71 bits per heavy atom. The van der Waals surface area contributed by atoms with Crippen molar-refractivity contribution in [1.82, 2.24) is 9.88 Å². The van der Waals surface area contributed by atoms with E-state index in [2.05, 4.69) is 20.9 Å². The molecule has 0 unspecified atom stereocenters. The number of fused-ring (bicyclic) bond motifs is 4. The van der Waals surface area contributed by atoms with E-state index in [0.29, 0.717) is 5.69 Å². The smallest absolute Gasteiger partial charge is 0.313 e. The van der Waals surface area contributed by atoms with Crippen molar-refractivity contribution in [2.45, 2.75) is 11.6 Å². The number of nitrogens with zero attached hydrogens (tertiary/aromatic N) is 3. The molecule has 2 aliphatic rings. The zero-order valence-corrected chi connectivity index (χ0v) is 14.3. The van der Waals surface area contributed by atoms with Crippen molar-refractivity contribution in [1.29, 1.82) is 0 Å². The van der Waals surface area contributed by atoms with Gasteiger partial charge >= 0.3 is 6.18 Å². The summed E-state index contributed by atoms with van der Waals surface area (Å²) in [6.07, 6.45) is -2.63. The van der Waals surface area contributed by atoms with Crippen molar-refractivity contribution in [3.8, 4) is 0 Å². The van der Waals surface area contributed by atoms with Gasteiger partial charge in [-0.2, -0.15) is 13.2 Å². The Morgan fingerprint density at radius 1 is 1.33 bits per heavy atom. The summed E-state index contributed by atoms with van der Waals surface area (Å²) < 4.78 is 38.7. The minimum absolute atomic E-state index is 0.0777. The SMILES string of the molecule is CN1C(=O)C2(CN(CC(F)(F)F)C2)c2c1cnc1ccc(Br)cc21. The van der Waals surface area contributed by atoms with Gasteiger partial charge in [0.15, 0.2) is 0 Å². The molecule has 0 atom stereocenters. The van der Waals surface area contributed by atoms with E-state index >= 15 is 0 Å². The number of carbonyl (C=O) groups is 1. The van der Waals surface area contributed by atoms with Gasteiger partial charge in [-0.15, -0.1) is 0 Å². The maximum atomic E-state index is 12.8. The van der Waals surface area contributed by atoms with Crippen molar-refractivity contribution >= 4 is 38.4 Å². The second-order valence-corrected chi connectivity index (χ2v) is 7.30. The van der Waals surface area contributed by atoms with Gasteiger partial charge in [-0.25, -0.2) is 0 Å². The third-order valence-corrected chi connectivity index (χ3v) is 5.25. The van der Waals surface area contributed by atoms with Crippen LogP contribution in [0, 0.1) is 0 Å². The zero-order chi connectivity index (χ0) is 17.3. The number of carbonyl (C=O) groups excluding carboxylic acids is 1. The highest BCUT2D eigenvalue weighted by Crippen LogP contribution is 2.50. The molecule has 0 bridgehead atoms. The van der Waals surface area contributed by atoms with E-state index in [1.54, 1.807) is 13.2 Å². The van der Waals surface area contributed by atoms with Crippen molar-refractivity contribution in [2.75, 3.05) is 31.6 Å². The monoisotopic (exact) mass is 399 g/mol. The molecule has 0 saturated carbocycles. The Kier molecular flexibility index (Phi) is 3.25. The predicted molar refractivity (Wildman–Crippen MR) is 87.0 cm³/mol. The molecule has 2 aliphatic heterocycles. The quantitative estimate of drug-likeness (QED) is 0.739. The third kappa shape index (κ3) is 2.16. The molecule has 1 fully saturated rings. The highest BCUT2D eigenvalue weighted by Gasteiger charge is 2.59. The lowest BCUT2D eigenvalue weighted by Gasteiger charge is -2.47. The second kappa shape index (κ2) is 4.92. The fourth-order valence-electron chi connectivity index (χ4n) is 3.82. The molecule has 0 N–H and O–H groups in total. The van der Waals surface area contributed by atoms with Crippen LogP contribution >= 0.6 is 15.9 Å². The van der Waals surface area contributed by atoms with Gasteiger partial charge in [0.25, 0.3) is 0 Å². The number of likely N-dealkylation sites (N-methyl/N-ethyl adjacent to an activating group) is 1. The standard InChI is InChI=1S/C16H13BrF3N3O/c1-22-12-5-21-11-3-2-9(17)4-10(11)13(12)15(14(22)24)6-23(7-15)8-16(18,19)20/h2-5H,6-8H2,1H3. The predicted octanol–water partition coefficient (Wildman–Crippen LogP) is 3.09. The summed E-state index contributed by atoms with van der Waals surface area (Å²) in [5.41, 5.74) is 1.29. The average molecular weight is 400 g/mol. The lowest BCUT2D eigenvalue weighted by atomic mass is 9.73. The lowest BCUT2D eigenvalue weighted by Crippen LogP contribution is -2.65. The van der Waals surface area contributed by atoms with Crippen LogP contribution in [0.2, 0.25) is 0 Å². The molecule has 4 nitrogen and oxygen atoms in total. The van der Waals surface area contributed by atoms with Crippen LogP contribution in [0.25, 0.3) is 10.9 Å². The number of alkyl halides is 3. The van der Waals surface area contributed by atoms with Gasteiger partial charge in [0.2, 0.25) is 5.91 Å². The van der Waals surface area contributed by atoms with Crippen LogP contribution in [0.1, 0.15) is 5.56 Å². The number of hydrogen-bond donors (Lipinski definition) is 0. The first kappa shape index (κ1) is 15.8. The van der Waals surface area contributed by atoms with Crippen LogP contribution in [0.15, 0.2) is 28.9 Å². The summed E-state index contributed by atoms with van der Waals surface area (Å²) in [5.74, 6) is -0.162. The van der Waals surface area contributed by atoms with Crippen molar-refractivity contribution in [2.24, 2.45) is 0 Å². The molecule has 8 heteroatoms. The number of rotatable bonds is 1. The number of amides is 1. The number of halogens is 4. The maximum Gasteiger partial charge on any atom is 0.401 e. The summed E-state index contributed by atoms with van der Waals surface area (Å²) in [5, 5.41) is 0.811. The molecule has 1 amide bonds. The van der Waals surface area contributed by atoms with E-state index in [1.807, 2.05) is 18.2 Å². The summed E-state index contributed by atoms with van der Waals surface area (Å²) >= 11 is 3.41. The van der Waals surface area contributed by atoms with E-state index in [9.17, 15) is 18.0 Å². The highest BCUT2D eigenvalue weighted by molar-refractivity contribution is 9.10. The Labute approximate surface area is 144 Å². The van der Waals surface area contributed by atoms with Crippen LogP contribution < -0.4 is 4.90 Å². The first-order chi connectivity index (χ1) is 11.2. The second-order valence-electron chi connectivity index (χ2n) is 6.39. The van der Waals surface area contributed by atoms with Crippen molar-refractivity contribution < 1.29 is 18.0 Å². The summed E-state index contributed by atoms with van der Waals surface area (Å²) in [7, 11) is 1.65. The minimum atomic E-state index is -4.26. The Bertz CT molecular complexity index is 862. The highest BCUT2D eigenvalue weighted by atomic mass is 79.9. The molecule has 3 heterocycles. The Balaban J connectivity index is 1.82. The molecule has 0 aliphatic carbocycles. The molecular formula is C16H13BrF3N3O. The van der Waals surface area contributed by atoms with Gasteiger partial charge in [-0.1, -0.05) is 15.9 Å². The normalized spacial score (nSPS) is 19.9. The lowest BCUT2D eigenvalue weighted by molar-refractivity contribution is -0.165. The summed E-state index contributed by atoms with van der Waals surface area (Å²) in [4.78, 5) is 19.9. The largest absolute Gasteiger partial charge is 0.401 e. The van der Waals surface area contributed by atoms with Crippen LogP contribution in [0.3, 0.4) is 0 Å². The van der Waals surface area contributed by atoms with Crippen LogP contribution in [0.5, 0.6) is 0 Å². The number of pyridine rings is 1. The van der Waals surface area contributed by atoms with Gasteiger partial charge in [0.1, 0.15) is 5.41 Å². The Hall–Kier alpha value is -1.67. The van der Waals surface area contributed by atoms with Gasteiger partial charge in [-0.3, -0.25) is 14.7 Å². The first-order valence-corrected chi connectivity index (χ1v) is 8.17. The number of hydrogen-bond acceptors (Lipinski definition) is 3. The van der Waals surface area contributed by atoms with Gasteiger partial charge in [0.05, 0.1) is 23.9 Å². The molecule has 1 spiro atoms. The zero-order valence-electron chi connectivity index (χ0n) is 12.7. The summed E-state index contributed by atoms with van der Waals surface area (Å²) in [6, 6.07) is 5.57. The van der Waals surface area contributed by atoms with Crippen molar-refractivity contribution in [3.05, 3.63) is 34.4 Å². The van der Waals surface area contributed by atoms with E-state index in [-0.39, 0.29) is 19.0 Å². The van der Waals surface area contributed by atoms with Crippen molar-refractivity contribution in [3.63, 3.8) is 0 Å². The van der Waals surface area contributed by atoms with E-state index < -0.39 is 18.1 Å². The molecule has 4 rings (SSSR count). The van der Waals surface area contributed by atoms with Gasteiger partial charge in [-0.05, 0) is 18.2 Å². The average Bonchev–Trinajstić information content (AvgIpc) is 2.68. The van der Waals surface area contributed by atoms with Crippen LogP contribution in [-0.2, 0) is 10.2 Å². The first-order valence-electron chi connectivity index (χ1n) is 7.37. The summed E-state index contributed by atoms with van der Waals surface area (Å²) in [6.45, 7) is -0.837. The van der Waals surface area contributed by atoms with Crippen LogP contribution in [-0.4, -0.2) is 48.6 Å². The van der Waals surface area contributed by atoms with E-state index in [4.69, 9.17) is 0 Å². The molecule has 1 aromatic heterocycles. The molecule has 1 aromatic carbocycles. The number of likely N-dealkylation sites (tertiary alicyclic amines) is 1. The Morgan fingerprint density at radius 2 is 2.04 bits per heavy atom. The molecule has 0 radical (unpaired) electrons. The fraction of sp³-hybridized carbons (Fsp3) is 0.375. The molecule has 126 valence electrons. The maximum absolute atomic E-state index is 12.8. The van der Waals surface area contributed by atoms with Gasteiger partial charge in [0, 0.05) is 35.6 Å². The third-order valence-electron chi connectivity index (χ3n) is 4.75. The number of aromatic nitrogens is 1. The van der Waals surface area contributed by atoms with Crippen LogP contribution in [0.4, 0.5) is 18.9 Å².